The van der Waals surface area contributed by atoms with E-state index in [4.69, 9.17) is 21.1 Å². The van der Waals surface area contributed by atoms with Gasteiger partial charge in [-0.3, -0.25) is 10.1 Å². The zero-order chi connectivity index (χ0) is 10.7. The Labute approximate surface area is 85.3 Å². The Bertz CT molecular complexity index is 367. The van der Waals surface area contributed by atoms with Crippen molar-refractivity contribution in [3.63, 3.8) is 0 Å². The molecule has 0 bridgehead atoms. The largest absolute Gasteiger partial charge is 0.493 e. The van der Waals surface area contributed by atoms with Crippen LogP contribution in [-0.2, 0) is 0 Å². The van der Waals surface area contributed by atoms with Crippen molar-refractivity contribution in [3.05, 3.63) is 27.3 Å². The van der Waals surface area contributed by atoms with Crippen LogP contribution >= 0.6 is 11.6 Å². The molecule has 0 aliphatic carbocycles. The molecule has 0 saturated heterocycles. The Morgan fingerprint density at radius 1 is 1.29 bits per heavy atom. The third-order valence-corrected chi connectivity index (χ3v) is 1.95. The topological polar surface area (TPSA) is 61.6 Å². The van der Waals surface area contributed by atoms with Gasteiger partial charge in [-0.2, -0.15) is 0 Å². The third kappa shape index (κ3) is 1.88. The number of nitro groups is 1. The van der Waals surface area contributed by atoms with Crippen LogP contribution in [0.1, 0.15) is 0 Å². The Kier molecular flexibility index (Phi) is 3.14. The highest BCUT2D eigenvalue weighted by molar-refractivity contribution is 6.32. The number of hydrogen-bond acceptors (Lipinski definition) is 4. The zero-order valence-electron chi connectivity index (χ0n) is 7.61. The Hall–Kier alpha value is -1.49. The molecule has 0 amide bonds. The highest BCUT2D eigenvalue weighted by atomic mass is 35.5. The van der Waals surface area contributed by atoms with E-state index in [-0.39, 0.29) is 16.5 Å². The van der Waals surface area contributed by atoms with Crippen LogP contribution in [0.4, 0.5) is 5.69 Å². The fourth-order valence-corrected chi connectivity index (χ4v) is 1.21. The summed E-state index contributed by atoms with van der Waals surface area (Å²) >= 11 is 5.65. The molecule has 6 heteroatoms. The van der Waals surface area contributed by atoms with Crippen LogP contribution in [-0.4, -0.2) is 19.1 Å². The maximum Gasteiger partial charge on any atom is 0.291 e. The number of hydrogen-bond donors (Lipinski definition) is 0. The van der Waals surface area contributed by atoms with Crippen molar-refractivity contribution in [1.29, 1.82) is 0 Å². The predicted octanol–water partition coefficient (Wildman–Crippen LogP) is 2.27. The molecule has 1 aromatic rings. The first kappa shape index (κ1) is 10.6. The molecule has 0 radical (unpaired) electrons. The van der Waals surface area contributed by atoms with Crippen LogP contribution in [0, 0.1) is 10.1 Å². The van der Waals surface area contributed by atoms with Crippen molar-refractivity contribution in [2.75, 3.05) is 14.2 Å². The molecule has 0 heterocycles. The molecule has 14 heavy (non-hydrogen) atoms. The minimum Gasteiger partial charge on any atom is -0.493 e. The molecule has 0 aliphatic rings. The Morgan fingerprint density at radius 3 is 2.21 bits per heavy atom. The predicted molar refractivity (Wildman–Crippen MR) is 51.2 cm³/mol. The van der Waals surface area contributed by atoms with Gasteiger partial charge >= 0.3 is 0 Å². The molecule has 1 rings (SSSR count). The van der Waals surface area contributed by atoms with E-state index >= 15 is 0 Å². The molecule has 1 aromatic carbocycles. The first-order valence-corrected chi connectivity index (χ1v) is 4.04. The molecular weight excluding hydrogens is 210 g/mol. The van der Waals surface area contributed by atoms with Gasteiger partial charge in [0.05, 0.1) is 25.2 Å². The molecule has 0 unspecified atom stereocenters. The summed E-state index contributed by atoms with van der Waals surface area (Å²) in [5.41, 5.74) is -0.204. The van der Waals surface area contributed by atoms with Gasteiger partial charge in [0.2, 0.25) is 0 Å². The molecule has 0 fully saturated rings. The molecule has 0 atom stereocenters. The van der Waals surface area contributed by atoms with E-state index in [0.717, 1.165) is 0 Å². The molecular formula is C8H8ClNO4. The summed E-state index contributed by atoms with van der Waals surface area (Å²) in [7, 11) is 2.83. The molecule has 0 aromatic heterocycles. The monoisotopic (exact) mass is 217 g/mol. The lowest BCUT2D eigenvalue weighted by Crippen LogP contribution is -1.94. The van der Waals surface area contributed by atoms with Gasteiger partial charge < -0.3 is 9.47 Å². The second-order valence-corrected chi connectivity index (χ2v) is 2.82. The Balaban J connectivity index is 3.30. The molecule has 0 spiro atoms. The van der Waals surface area contributed by atoms with Crippen molar-refractivity contribution < 1.29 is 14.4 Å². The minimum atomic E-state index is -0.579. The summed E-state index contributed by atoms with van der Waals surface area (Å²) in [5, 5.41) is 10.5. The summed E-state index contributed by atoms with van der Waals surface area (Å²) in [6.07, 6.45) is 0. The lowest BCUT2D eigenvalue weighted by atomic mass is 10.3. The number of nitrogens with zero attached hydrogens (tertiary/aromatic N) is 1. The summed E-state index contributed by atoms with van der Waals surface area (Å²) in [6.45, 7) is 0. The van der Waals surface area contributed by atoms with Gasteiger partial charge in [0, 0.05) is 6.07 Å². The van der Waals surface area contributed by atoms with Gasteiger partial charge in [-0.25, -0.2) is 0 Å². The number of halogens is 1. The fourth-order valence-electron chi connectivity index (χ4n) is 0.983. The highest BCUT2D eigenvalue weighted by Gasteiger charge is 2.17. The van der Waals surface area contributed by atoms with Gasteiger partial charge in [0.1, 0.15) is 5.02 Å². The quantitative estimate of drug-likeness (QED) is 0.576. The summed E-state index contributed by atoms with van der Waals surface area (Å²) in [6, 6.07) is 2.57. The first-order valence-electron chi connectivity index (χ1n) is 3.66. The lowest BCUT2D eigenvalue weighted by Gasteiger charge is -2.07. The number of rotatable bonds is 3. The number of benzene rings is 1. The highest BCUT2D eigenvalue weighted by Crippen LogP contribution is 2.36. The van der Waals surface area contributed by atoms with E-state index in [9.17, 15) is 10.1 Å². The lowest BCUT2D eigenvalue weighted by molar-refractivity contribution is -0.384. The van der Waals surface area contributed by atoms with E-state index in [1.807, 2.05) is 0 Å². The van der Waals surface area contributed by atoms with Crippen LogP contribution in [0.2, 0.25) is 5.02 Å². The van der Waals surface area contributed by atoms with Crippen LogP contribution < -0.4 is 9.47 Å². The number of nitro benzene ring substituents is 1. The van der Waals surface area contributed by atoms with E-state index in [0.29, 0.717) is 5.75 Å². The van der Waals surface area contributed by atoms with Crippen LogP contribution in [0.15, 0.2) is 12.1 Å². The SMILES string of the molecule is COc1cc(Cl)c([N+](=O)[O-])cc1OC. The maximum absolute atomic E-state index is 10.5. The summed E-state index contributed by atoms with van der Waals surface area (Å²) in [5.74, 6) is 0.645. The average Bonchev–Trinajstić information content (AvgIpc) is 2.16. The van der Waals surface area contributed by atoms with Gasteiger partial charge in [0.25, 0.3) is 5.69 Å². The number of methoxy groups -OCH3 is 2. The number of ether oxygens (including phenoxy) is 2. The smallest absolute Gasteiger partial charge is 0.291 e. The van der Waals surface area contributed by atoms with E-state index in [1.165, 1.54) is 26.4 Å². The molecule has 76 valence electrons. The van der Waals surface area contributed by atoms with Gasteiger partial charge in [-0.05, 0) is 0 Å². The standard InChI is InChI=1S/C8H8ClNO4/c1-13-7-3-5(9)6(10(11)12)4-8(7)14-2/h3-4H,1-2H3. The van der Waals surface area contributed by atoms with Crippen molar-refractivity contribution in [2.24, 2.45) is 0 Å². The molecule has 5 nitrogen and oxygen atoms in total. The second-order valence-electron chi connectivity index (χ2n) is 2.42. The van der Waals surface area contributed by atoms with Gasteiger partial charge in [-0.1, -0.05) is 11.6 Å². The normalized spacial score (nSPS) is 9.64. The summed E-state index contributed by atoms with van der Waals surface area (Å²) < 4.78 is 9.81. The van der Waals surface area contributed by atoms with E-state index < -0.39 is 4.92 Å². The maximum atomic E-state index is 10.5. The third-order valence-electron chi connectivity index (χ3n) is 1.65. The molecule has 0 aliphatic heterocycles. The van der Waals surface area contributed by atoms with Crippen LogP contribution in [0.25, 0.3) is 0 Å². The second kappa shape index (κ2) is 4.15. The molecule has 0 saturated carbocycles. The van der Waals surface area contributed by atoms with Gasteiger partial charge in [0.15, 0.2) is 11.5 Å². The van der Waals surface area contributed by atoms with Crippen molar-refractivity contribution in [3.8, 4) is 11.5 Å². The average molecular weight is 218 g/mol. The van der Waals surface area contributed by atoms with E-state index in [1.54, 1.807) is 0 Å². The summed E-state index contributed by atoms with van der Waals surface area (Å²) in [4.78, 5) is 9.94. The van der Waals surface area contributed by atoms with Crippen LogP contribution in [0.3, 0.4) is 0 Å². The van der Waals surface area contributed by atoms with Crippen molar-refractivity contribution >= 4 is 17.3 Å². The first-order chi connectivity index (χ1) is 6.60. The van der Waals surface area contributed by atoms with Crippen molar-refractivity contribution in [2.45, 2.75) is 0 Å². The zero-order valence-corrected chi connectivity index (χ0v) is 8.37. The van der Waals surface area contributed by atoms with E-state index in [2.05, 4.69) is 0 Å². The fraction of sp³-hybridized carbons (Fsp3) is 0.250. The Morgan fingerprint density at radius 2 is 1.79 bits per heavy atom. The van der Waals surface area contributed by atoms with Gasteiger partial charge in [-0.15, -0.1) is 0 Å². The minimum absolute atomic E-state index is 0.0210. The van der Waals surface area contributed by atoms with Crippen molar-refractivity contribution in [1.82, 2.24) is 0 Å². The molecule has 0 N–H and O–H groups in total. The van der Waals surface area contributed by atoms with Crippen LogP contribution in [0.5, 0.6) is 11.5 Å².